The highest BCUT2D eigenvalue weighted by Gasteiger charge is 2.25. The van der Waals surface area contributed by atoms with Gasteiger partial charge in [-0.3, -0.25) is 9.78 Å². The number of aromatic nitrogens is 3. The molecule has 2 aromatic heterocycles. The third kappa shape index (κ3) is 6.41. The van der Waals surface area contributed by atoms with Gasteiger partial charge in [0.2, 0.25) is 5.91 Å². The Hall–Kier alpha value is -2.74. The van der Waals surface area contributed by atoms with Crippen LogP contribution in [0.1, 0.15) is 52.3 Å². The van der Waals surface area contributed by atoms with E-state index in [1.807, 2.05) is 58.9 Å². The van der Waals surface area contributed by atoms with Gasteiger partial charge in [-0.1, -0.05) is 0 Å². The fourth-order valence-electron chi connectivity index (χ4n) is 3.60. The minimum Gasteiger partial charge on any atom is -0.492 e. The molecular weight excluding hydrogens is 416 g/mol. The van der Waals surface area contributed by atoms with Crippen LogP contribution in [0.2, 0.25) is 0 Å². The summed E-state index contributed by atoms with van der Waals surface area (Å²) in [7, 11) is 5.99. The number of likely N-dealkylation sites (N-methyl/N-ethyl adjacent to an activating group) is 2. The standard InChI is InChI=1S/C25H38N6O2/c1-24(2,3)29-21(32)15-31(8)23-18-10-9-11-19(18)27-22(28-23)20-14-17(12-13-26-20)33-16-25(4,5)30(6)7/h12-14H,9-11,15-16H2,1-8H3,(H,29,32). The van der Waals surface area contributed by atoms with E-state index in [-0.39, 0.29) is 23.5 Å². The summed E-state index contributed by atoms with van der Waals surface area (Å²) in [6.45, 7) is 11.0. The number of carbonyl (C=O) groups is 1. The second-order valence-electron chi connectivity index (χ2n) is 10.7. The largest absolute Gasteiger partial charge is 0.492 e. The number of carbonyl (C=O) groups excluding carboxylic acids is 1. The van der Waals surface area contributed by atoms with Crippen molar-refractivity contribution in [2.75, 3.05) is 39.2 Å². The average molecular weight is 455 g/mol. The number of hydrogen-bond donors (Lipinski definition) is 1. The molecule has 33 heavy (non-hydrogen) atoms. The number of ether oxygens (including phenoxy) is 1. The monoisotopic (exact) mass is 454 g/mol. The number of fused-ring (bicyclic) bond motifs is 1. The highest BCUT2D eigenvalue weighted by atomic mass is 16.5. The van der Waals surface area contributed by atoms with Crippen LogP contribution in [-0.2, 0) is 17.6 Å². The van der Waals surface area contributed by atoms with E-state index in [1.165, 1.54) is 0 Å². The summed E-state index contributed by atoms with van der Waals surface area (Å²) in [4.78, 5) is 30.7. The molecule has 1 amide bonds. The third-order valence-electron chi connectivity index (χ3n) is 5.93. The van der Waals surface area contributed by atoms with Crippen LogP contribution >= 0.6 is 0 Å². The normalized spacial score (nSPS) is 13.7. The van der Waals surface area contributed by atoms with Gasteiger partial charge < -0.3 is 19.9 Å². The number of rotatable bonds is 8. The molecule has 1 aliphatic rings. The molecule has 0 saturated heterocycles. The number of hydrogen-bond acceptors (Lipinski definition) is 7. The molecule has 8 nitrogen and oxygen atoms in total. The first-order valence-electron chi connectivity index (χ1n) is 11.5. The molecule has 2 aromatic rings. The molecule has 0 fully saturated rings. The second-order valence-corrected chi connectivity index (χ2v) is 10.7. The van der Waals surface area contributed by atoms with Crippen molar-refractivity contribution in [3.05, 3.63) is 29.6 Å². The van der Waals surface area contributed by atoms with Crippen LogP contribution in [0.4, 0.5) is 5.82 Å². The average Bonchev–Trinajstić information content (AvgIpc) is 3.19. The molecule has 0 aromatic carbocycles. The van der Waals surface area contributed by atoms with Crippen molar-refractivity contribution in [1.29, 1.82) is 0 Å². The van der Waals surface area contributed by atoms with Crippen LogP contribution in [0.25, 0.3) is 11.5 Å². The van der Waals surface area contributed by atoms with Gasteiger partial charge in [0.25, 0.3) is 0 Å². The van der Waals surface area contributed by atoms with Gasteiger partial charge in [-0.2, -0.15) is 0 Å². The van der Waals surface area contributed by atoms with Gasteiger partial charge in [0.15, 0.2) is 5.82 Å². The molecule has 8 heteroatoms. The smallest absolute Gasteiger partial charge is 0.239 e. The van der Waals surface area contributed by atoms with E-state index in [4.69, 9.17) is 14.7 Å². The molecule has 0 bridgehead atoms. The summed E-state index contributed by atoms with van der Waals surface area (Å²) in [6, 6.07) is 3.74. The maximum absolute atomic E-state index is 12.5. The Morgan fingerprint density at radius 3 is 2.52 bits per heavy atom. The summed E-state index contributed by atoms with van der Waals surface area (Å²) in [5, 5.41) is 3.02. The van der Waals surface area contributed by atoms with E-state index in [0.717, 1.165) is 42.1 Å². The molecule has 3 rings (SSSR count). The topological polar surface area (TPSA) is 83.5 Å². The van der Waals surface area contributed by atoms with E-state index in [9.17, 15) is 4.79 Å². The van der Waals surface area contributed by atoms with Gasteiger partial charge in [-0.25, -0.2) is 9.97 Å². The number of anilines is 1. The summed E-state index contributed by atoms with van der Waals surface area (Å²) in [6.07, 6.45) is 4.60. The molecule has 0 unspecified atom stereocenters. The lowest BCUT2D eigenvalue weighted by Crippen LogP contribution is -2.45. The van der Waals surface area contributed by atoms with Crippen molar-refractivity contribution in [1.82, 2.24) is 25.2 Å². The first kappa shape index (κ1) is 24.9. The Kier molecular flexibility index (Phi) is 7.26. The lowest BCUT2D eigenvalue weighted by atomic mass is 10.1. The Balaban J connectivity index is 1.86. The predicted molar refractivity (Wildman–Crippen MR) is 132 cm³/mol. The van der Waals surface area contributed by atoms with Crippen LogP contribution in [0.15, 0.2) is 18.3 Å². The van der Waals surface area contributed by atoms with E-state index in [1.54, 1.807) is 6.20 Å². The molecule has 1 N–H and O–H groups in total. The molecule has 180 valence electrons. The lowest BCUT2D eigenvalue weighted by molar-refractivity contribution is -0.121. The molecule has 0 radical (unpaired) electrons. The molecule has 1 aliphatic carbocycles. The molecule has 0 atom stereocenters. The number of nitrogens with one attached hydrogen (secondary N) is 1. The molecular formula is C25H38N6O2. The van der Waals surface area contributed by atoms with Crippen molar-refractivity contribution in [3.8, 4) is 17.3 Å². The molecule has 0 aliphatic heterocycles. The van der Waals surface area contributed by atoms with E-state index >= 15 is 0 Å². The molecule has 0 saturated carbocycles. The van der Waals surface area contributed by atoms with E-state index in [2.05, 4.69) is 29.0 Å². The summed E-state index contributed by atoms with van der Waals surface area (Å²) < 4.78 is 6.06. The van der Waals surface area contributed by atoms with Gasteiger partial charge in [-0.05, 0) is 74.0 Å². The number of amides is 1. The fourth-order valence-corrected chi connectivity index (χ4v) is 3.60. The fraction of sp³-hybridized carbons (Fsp3) is 0.600. The van der Waals surface area contributed by atoms with Crippen molar-refractivity contribution in [3.63, 3.8) is 0 Å². The Labute approximate surface area is 197 Å². The van der Waals surface area contributed by atoms with Crippen molar-refractivity contribution in [2.24, 2.45) is 0 Å². The first-order valence-corrected chi connectivity index (χ1v) is 11.5. The van der Waals surface area contributed by atoms with E-state index in [0.29, 0.717) is 18.1 Å². The van der Waals surface area contributed by atoms with Crippen LogP contribution in [0, 0.1) is 0 Å². The zero-order valence-corrected chi connectivity index (χ0v) is 21.3. The maximum atomic E-state index is 12.5. The Bertz CT molecular complexity index is 997. The summed E-state index contributed by atoms with van der Waals surface area (Å²) >= 11 is 0. The van der Waals surface area contributed by atoms with Crippen LogP contribution < -0.4 is 15.0 Å². The van der Waals surface area contributed by atoms with Crippen molar-refractivity contribution in [2.45, 2.75) is 65.0 Å². The van der Waals surface area contributed by atoms with Crippen LogP contribution in [-0.4, -0.2) is 71.1 Å². The number of aryl methyl sites for hydroxylation is 1. The predicted octanol–water partition coefficient (Wildman–Crippen LogP) is 3.10. The highest BCUT2D eigenvalue weighted by Crippen LogP contribution is 2.31. The first-order chi connectivity index (χ1) is 15.4. The van der Waals surface area contributed by atoms with Crippen LogP contribution in [0.5, 0.6) is 5.75 Å². The summed E-state index contributed by atoms with van der Waals surface area (Å²) in [5.41, 5.74) is 2.46. The van der Waals surface area contributed by atoms with Crippen LogP contribution in [0.3, 0.4) is 0 Å². The van der Waals surface area contributed by atoms with Crippen molar-refractivity contribution < 1.29 is 9.53 Å². The maximum Gasteiger partial charge on any atom is 0.239 e. The minimum atomic E-state index is -0.276. The quantitative estimate of drug-likeness (QED) is 0.656. The van der Waals surface area contributed by atoms with Gasteiger partial charge >= 0.3 is 0 Å². The van der Waals surface area contributed by atoms with Gasteiger partial charge in [0, 0.05) is 41.6 Å². The Morgan fingerprint density at radius 1 is 1.12 bits per heavy atom. The number of pyridine rings is 1. The van der Waals surface area contributed by atoms with Gasteiger partial charge in [0.05, 0.1) is 6.54 Å². The zero-order chi connectivity index (χ0) is 24.4. The summed E-state index contributed by atoms with van der Waals surface area (Å²) in [5.74, 6) is 2.07. The minimum absolute atomic E-state index is 0.0334. The highest BCUT2D eigenvalue weighted by molar-refractivity contribution is 5.82. The molecule has 2 heterocycles. The number of nitrogens with zero attached hydrogens (tertiary/aromatic N) is 5. The van der Waals surface area contributed by atoms with E-state index < -0.39 is 0 Å². The van der Waals surface area contributed by atoms with Gasteiger partial charge in [0.1, 0.15) is 23.9 Å². The van der Waals surface area contributed by atoms with Gasteiger partial charge in [-0.15, -0.1) is 0 Å². The third-order valence-corrected chi connectivity index (χ3v) is 5.93. The molecule has 0 spiro atoms. The second kappa shape index (κ2) is 9.63. The Morgan fingerprint density at radius 2 is 1.85 bits per heavy atom. The zero-order valence-electron chi connectivity index (χ0n) is 21.3. The lowest BCUT2D eigenvalue weighted by Gasteiger charge is -2.32. The SMILES string of the molecule is CN(CC(=O)NC(C)(C)C)c1nc(-c2cc(OCC(C)(C)N(C)C)ccn2)nc2c1CCC2. The van der Waals surface area contributed by atoms with Crippen molar-refractivity contribution >= 4 is 11.7 Å².